The van der Waals surface area contributed by atoms with Crippen LogP contribution in [0.15, 0.2) is 48.5 Å². The number of aromatic nitrogens is 3. The smallest absolute Gasteiger partial charge is 0.199 e. The van der Waals surface area contributed by atoms with Crippen molar-refractivity contribution in [1.82, 2.24) is 14.8 Å². The third-order valence-electron chi connectivity index (χ3n) is 4.20. The fourth-order valence-corrected chi connectivity index (χ4v) is 3.33. The highest BCUT2D eigenvalue weighted by Crippen LogP contribution is 2.54. The van der Waals surface area contributed by atoms with E-state index >= 15 is 0 Å². The van der Waals surface area contributed by atoms with E-state index in [-0.39, 0.29) is 5.82 Å². The molecule has 1 fully saturated rings. The van der Waals surface area contributed by atoms with Gasteiger partial charge >= 0.3 is 0 Å². The largest absolute Gasteiger partial charge is 0.272 e. The van der Waals surface area contributed by atoms with E-state index in [1.807, 2.05) is 16.7 Å². The molecule has 6 heteroatoms. The molecule has 0 amide bonds. The van der Waals surface area contributed by atoms with Gasteiger partial charge in [-0.1, -0.05) is 23.7 Å². The lowest BCUT2D eigenvalue weighted by Gasteiger charge is -2.07. The first kappa shape index (κ1) is 14.6. The van der Waals surface area contributed by atoms with Gasteiger partial charge in [-0.2, -0.15) is 5.10 Å². The number of nitrogens with zero attached hydrogens (tertiary/aromatic N) is 2. The predicted molar refractivity (Wildman–Crippen MR) is 90.3 cm³/mol. The molecule has 2 atom stereocenters. The lowest BCUT2D eigenvalue weighted by Crippen LogP contribution is -2.01. The molecular formula is C17H13ClFN3S. The van der Waals surface area contributed by atoms with Crippen molar-refractivity contribution in [2.45, 2.75) is 18.3 Å². The maximum absolute atomic E-state index is 13.1. The Bertz CT molecular complexity index is 899. The number of H-pyrrole nitrogens is 1. The van der Waals surface area contributed by atoms with E-state index < -0.39 is 0 Å². The van der Waals surface area contributed by atoms with Crippen molar-refractivity contribution in [3.63, 3.8) is 0 Å². The number of benzene rings is 2. The van der Waals surface area contributed by atoms with Crippen LogP contribution in [-0.2, 0) is 0 Å². The molecule has 2 aromatic carbocycles. The topological polar surface area (TPSA) is 33.6 Å². The van der Waals surface area contributed by atoms with Crippen LogP contribution < -0.4 is 0 Å². The molecule has 3 aromatic rings. The lowest BCUT2D eigenvalue weighted by molar-refractivity contribution is 0.627. The van der Waals surface area contributed by atoms with Crippen molar-refractivity contribution in [3.8, 4) is 5.69 Å². The fraction of sp³-hybridized carbons (Fsp3) is 0.176. The summed E-state index contributed by atoms with van der Waals surface area (Å²) in [6.07, 6.45) is 1.02. The van der Waals surface area contributed by atoms with Crippen molar-refractivity contribution in [1.29, 1.82) is 0 Å². The molecule has 3 nitrogen and oxygen atoms in total. The molecule has 0 radical (unpaired) electrons. The number of rotatable bonds is 3. The minimum atomic E-state index is -0.268. The van der Waals surface area contributed by atoms with Gasteiger partial charge in [-0.25, -0.2) is 4.39 Å². The van der Waals surface area contributed by atoms with Gasteiger partial charge in [-0.05, 0) is 66.5 Å². The third kappa shape index (κ3) is 2.71. The van der Waals surface area contributed by atoms with Crippen molar-refractivity contribution >= 4 is 23.8 Å². The Morgan fingerprint density at radius 2 is 1.78 bits per heavy atom. The Hall–Kier alpha value is -1.98. The Labute approximate surface area is 142 Å². The molecule has 1 aliphatic carbocycles. The average molecular weight is 346 g/mol. The van der Waals surface area contributed by atoms with Gasteiger partial charge in [0.05, 0.1) is 0 Å². The zero-order chi connectivity index (χ0) is 16.0. The summed E-state index contributed by atoms with van der Waals surface area (Å²) >= 11 is 11.3. The van der Waals surface area contributed by atoms with Gasteiger partial charge in [-0.3, -0.25) is 9.67 Å². The second-order valence-electron chi connectivity index (χ2n) is 5.70. The summed E-state index contributed by atoms with van der Waals surface area (Å²) in [6, 6.07) is 14.2. The third-order valence-corrected chi connectivity index (χ3v) is 4.73. The zero-order valence-corrected chi connectivity index (χ0v) is 13.6. The molecule has 0 spiro atoms. The van der Waals surface area contributed by atoms with Crippen molar-refractivity contribution < 1.29 is 4.39 Å². The van der Waals surface area contributed by atoms with Crippen molar-refractivity contribution in [2.24, 2.45) is 0 Å². The first-order chi connectivity index (χ1) is 11.1. The van der Waals surface area contributed by atoms with Gasteiger partial charge in [0.2, 0.25) is 0 Å². The molecule has 1 aliphatic rings. The predicted octanol–water partition coefficient (Wildman–Crippen LogP) is 4.99. The standard InChI is InChI=1S/C17H13ClFN3S/c18-11-3-1-10(2-4-11)14-9-15(14)16-20-21-17(23)22(16)13-7-5-12(19)6-8-13/h1-8,14-15H,9H2,(H,21,23)/t14-,15+/m1/s1. The molecule has 0 aliphatic heterocycles. The van der Waals surface area contributed by atoms with Gasteiger partial charge in [0.1, 0.15) is 11.6 Å². The summed E-state index contributed by atoms with van der Waals surface area (Å²) in [5.41, 5.74) is 2.07. The van der Waals surface area contributed by atoms with Crippen LogP contribution in [0.1, 0.15) is 29.6 Å². The highest BCUT2D eigenvalue weighted by Gasteiger charge is 2.43. The lowest BCUT2D eigenvalue weighted by atomic mass is 10.1. The number of hydrogen-bond acceptors (Lipinski definition) is 2. The van der Waals surface area contributed by atoms with E-state index in [1.54, 1.807) is 12.1 Å². The van der Waals surface area contributed by atoms with Crippen LogP contribution >= 0.6 is 23.8 Å². The summed E-state index contributed by atoms with van der Waals surface area (Å²) < 4.78 is 15.6. The minimum absolute atomic E-state index is 0.268. The highest BCUT2D eigenvalue weighted by molar-refractivity contribution is 7.71. The van der Waals surface area contributed by atoms with Gasteiger partial charge < -0.3 is 0 Å². The summed E-state index contributed by atoms with van der Waals surface area (Å²) in [5.74, 6) is 1.34. The SMILES string of the molecule is Fc1ccc(-n2c([C@H]3C[C@@H]3c3ccc(Cl)cc3)n[nH]c2=S)cc1. The normalized spacial score (nSPS) is 19.7. The maximum atomic E-state index is 13.1. The van der Waals surface area contributed by atoms with Crippen LogP contribution in [0.2, 0.25) is 5.02 Å². The van der Waals surface area contributed by atoms with E-state index in [2.05, 4.69) is 22.3 Å². The molecule has 1 N–H and O–H groups in total. The number of nitrogens with one attached hydrogen (secondary N) is 1. The monoisotopic (exact) mass is 345 g/mol. The first-order valence-electron chi connectivity index (χ1n) is 7.32. The molecular weight excluding hydrogens is 333 g/mol. The van der Waals surface area contributed by atoms with Crippen LogP contribution in [0.3, 0.4) is 0 Å². The van der Waals surface area contributed by atoms with Gasteiger partial charge in [0.15, 0.2) is 4.77 Å². The number of hydrogen-bond donors (Lipinski definition) is 1. The van der Waals surface area contributed by atoms with Gasteiger partial charge in [0, 0.05) is 16.6 Å². The molecule has 1 saturated carbocycles. The molecule has 1 heterocycles. The molecule has 0 unspecified atom stereocenters. The maximum Gasteiger partial charge on any atom is 0.199 e. The Balaban J connectivity index is 1.68. The molecule has 116 valence electrons. The van der Waals surface area contributed by atoms with E-state index in [0.29, 0.717) is 16.6 Å². The Kier molecular flexibility index (Phi) is 3.54. The van der Waals surface area contributed by atoms with E-state index in [0.717, 1.165) is 23.0 Å². The van der Waals surface area contributed by atoms with E-state index in [1.165, 1.54) is 17.7 Å². The average Bonchev–Trinajstić information content (AvgIpc) is 3.25. The van der Waals surface area contributed by atoms with Crippen LogP contribution in [0.4, 0.5) is 4.39 Å². The summed E-state index contributed by atoms with van der Waals surface area (Å²) in [4.78, 5) is 0. The van der Waals surface area contributed by atoms with Crippen LogP contribution in [0.25, 0.3) is 5.69 Å². The summed E-state index contributed by atoms with van der Waals surface area (Å²) in [6.45, 7) is 0. The fourth-order valence-electron chi connectivity index (χ4n) is 2.96. The molecule has 4 rings (SSSR count). The van der Waals surface area contributed by atoms with Crippen molar-refractivity contribution in [2.75, 3.05) is 0 Å². The highest BCUT2D eigenvalue weighted by atomic mass is 35.5. The number of aromatic amines is 1. The quantitative estimate of drug-likeness (QED) is 0.678. The van der Waals surface area contributed by atoms with Crippen molar-refractivity contribution in [3.05, 3.63) is 75.5 Å². The zero-order valence-electron chi connectivity index (χ0n) is 12.0. The molecule has 0 bridgehead atoms. The van der Waals surface area contributed by atoms with Gasteiger partial charge in [0.25, 0.3) is 0 Å². The van der Waals surface area contributed by atoms with Crippen LogP contribution in [-0.4, -0.2) is 14.8 Å². The van der Waals surface area contributed by atoms with Crippen LogP contribution in [0.5, 0.6) is 0 Å². The van der Waals surface area contributed by atoms with E-state index in [9.17, 15) is 4.39 Å². The second kappa shape index (κ2) is 5.58. The number of halogens is 2. The summed E-state index contributed by atoms with van der Waals surface area (Å²) in [7, 11) is 0. The molecule has 23 heavy (non-hydrogen) atoms. The first-order valence-corrected chi connectivity index (χ1v) is 8.11. The second-order valence-corrected chi connectivity index (χ2v) is 6.52. The summed E-state index contributed by atoms with van der Waals surface area (Å²) in [5, 5.41) is 7.99. The Morgan fingerprint density at radius 3 is 2.48 bits per heavy atom. The van der Waals surface area contributed by atoms with Gasteiger partial charge in [-0.15, -0.1) is 0 Å². The molecule has 1 aromatic heterocycles. The minimum Gasteiger partial charge on any atom is -0.272 e. The Morgan fingerprint density at radius 1 is 1.09 bits per heavy atom. The molecule has 0 saturated heterocycles. The van der Waals surface area contributed by atoms with Crippen LogP contribution in [0, 0.1) is 10.6 Å². The van der Waals surface area contributed by atoms with E-state index in [4.69, 9.17) is 23.8 Å².